The lowest BCUT2D eigenvalue weighted by molar-refractivity contribution is 0.264. The molecule has 0 fully saturated rings. The molecular formula is C8H10ClFN2O. The lowest BCUT2D eigenvalue weighted by Gasteiger charge is -2.11. The Morgan fingerprint density at radius 3 is 2.92 bits per heavy atom. The van der Waals surface area contributed by atoms with Crippen LogP contribution in [0.2, 0.25) is 5.02 Å². The van der Waals surface area contributed by atoms with E-state index in [-0.39, 0.29) is 18.7 Å². The second-order valence-corrected chi connectivity index (χ2v) is 3.09. The molecule has 3 nitrogen and oxygen atoms in total. The quantitative estimate of drug-likeness (QED) is 0.720. The van der Waals surface area contributed by atoms with Crippen LogP contribution in [0, 0.1) is 5.95 Å². The molecular weight excluding hydrogens is 195 g/mol. The molecule has 0 amide bonds. The summed E-state index contributed by atoms with van der Waals surface area (Å²) in [5.41, 5.74) is 5.60. The van der Waals surface area contributed by atoms with Crippen molar-refractivity contribution in [3.8, 4) is 0 Å². The van der Waals surface area contributed by atoms with Crippen LogP contribution in [-0.4, -0.2) is 23.2 Å². The lowest BCUT2D eigenvalue weighted by Crippen LogP contribution is -2.17. The maximum Gasteiger partial charge on any atom is 0.216 e. The Labute approximate surface area is 80.3 Å². The number of aromatic nitrogens is 1. The Balaban J connectivity index is 3.03. The van der Waals surface area contributed by atoms with Crippen molar-refractivity contribution in [2.45, 2.75) is 5.92 Å². The number of hydrogen-bond acceptors (Lipinski definition) is 3. The minimum Gasteiger partial charge on any atom is -0.396 e. The van der Waals surface area contributed by atoms with Crippen LogP contribution in [0.1, 0.15) is 11.5 Å². The molecule has 1 unspecified atom stereocenters. The first-order valence-corrected chi connectivity index (χ1v) is 4.18. The van der Waals surface area contributed by atoms with Crippen molar-refractivity contribution < 1.29 is 9.50 Å². The van der Waals surface area contributed by atoms with Gasteiger partial charge >= 0.3 is 0 Å². The minimum atomic E-state index is -0.631. The van der Waals surface area contributed by atoms with Crippen molar-refractivity contribution in [3.63, 3.8) is 0 Å². The third kappa shape index (κ3) is 2.37. The van der Waals surface area contributed by atoms with Crippen LogP contribution in [0.4, 0.5) is 4.39 Å². The summed E-state index contributed by atoms with van der Waals surface area (Å²) in [6.07, 6.45) is 1.21. The molecule has 1 aromatic heterocycles. The Morgan fingerprint density at radius 2 is 2.38 bits per heavy atom. The zero-order chi connectivity index (χ0) is 9.84. The number of halogens is 2. The van der Waals surface area contributed by atoms with Crippen molar-refractivity contribution in [2.75, 3.05) is 13.2 Å². The summed E-state index contributed by atoms with van der Waals surface area (Å²) in [6, 6.07) is 1.43. The second-order valence-electron chi connectivity index (χ2n) is 2.65. The minimum absolute atomic E-state index is 0.162. The predicted molar refractivity (Wildman–Crippen MR) is 48.1 cm³/mol. The third-order valence-corrected chi connectivity index (χ3v) is 1.98. The fraction of sp³-hybridized carbons (Fsp3) is 0.375. The van der Waals surface area contributed by atoms with Gasteiger partial charge in [-0.3, -0.25) is 0 Å². The normalized spacial score (nSPS) is 12.9. The van der Waals surface area contributed by atoms with Gasteiger partial charge in [0, 0.05) is 24.2 Å². The van der Waals surface area contributed by atoms with Gasteiger partial charge in [0.15, 0.2) is 0 Å². The van der Waals surface area contributed by atoms with Gasteiger partial charge in [0.2, 0.25) is 5.95 Å². The first-order valence-electron chi connectivity index (χ1n) is 3.81. The number of aliphatic hydroxyl groups is 1. The standard InChI is InChI=1S/C8H10ClFN2O/c9-6-1-7(5(2-11)4-13)8(10)12-3-6/h1,3,5,13H,2,4,11H2. The molecule has 3 N–H and O–H groups in total. The van der Waals surface area contributed by atoms with E-state index in [1.165, 1.54) is 12.3 Å². The van der Waals surface area contributed by atoms with E-state index >= 15 is 0 Å². The molecule has 0 aliphatic rings. The van der Waals surface area contributed by atoms with E-state index in [0.29, 0.717) is 5.02 Å². The summed E-state index contributed by atoms with van der Waals surface area (Å²) in [6.45, 7) is -0.0507. The number of aliphatic hydroxyl groups excluding tert-OH is 1. The first-order chi connectivity index (χ1) is 6.19. The molecule has 0 bridgehead atoms. The summed E-state index contributed by atoms with van der Waals surface area (Å²) in [5, 5.41) is 9.21. The Kier molecular flexibility index (Phi) is 3.59. The molecule has 0 aliphatic heterocycles. The Hall–Kier alpha value is -0.710. The molecule has 0 radical (unpaired) electrons. The van der Waals surface area contributed by atoms with Gasteiger partial charge in [0.25, 0.3) is 0 Å². The Bertz CT molecular complexity index is 291. The number of rotatable bonds is 3. The molecule has 72 valence electrons. The average molecular weight is 205 g/mol. The molecule has 1 heterocycles. The highest BCUT2D eigenvalue weighted by Gasteiger charge is 2.14. The Morgan fingerprint density at radius 1 is 1.69 bits per heavy atom. The van der Waals surface area contributed by atoms with Crippen LogP contribution >= 0.6 is 11.6 Å². The van der Waals surface area contributed by atoms with E-state index in [1.54, 1.807) is 0 Å². The van der Waals surface area contributed by atoms with Gasteiger partial charge in [-0.2, -0.15) is 4.39 Å². The fourth-order valence-electron chi connectivity index (χ4n) is 1.02. The third-order valence-electron chi connectivity index (χ3n) is 1.78. The van der Waals surface area contributed by atoms with E-state index in [0.717, 1.165) is 0 Å². The van der Waals surface area contributed by atoms with E-state index in [1.807, 2.05) is 0 Å². The largest absolute Gasteiger partial charge is 0.396 e. The number of nitrogens with two attached hydrogens (primary N) is 1. The number of nitrogens with zero attached hydrogens (tertiary/aromatic N) is 1. The van der Waals surface area contributed by atoms with Crippen molar-refractivity contribution in [2.24, 2.45) is 5.73 Å². The van der Waals surface area contributed by atoms with Crippen molar-refractivity contribution in [3.05, 3.63) is 28.8 Å². The van der Waals surface area contributed by atoms with Gasteiger partial charge in [-0.25, -0.2) is 4.98 Å². The topological polar surface area (TPSA) is 59.1 Å². The van der Waals surface area contributed by atoms with Gasteiger partial charge in [0.1, 0.15) is 0 Å². The van der Waals surface area contributed by atoms with Crippen LogP contribution in [-0.2, 0) is 0 Å². The summed E-state index contributed by atoms with van der Waals surface area (Å²) < 4.78 is 13.1. The van der Waals surface area contributed by atoms with Gasteiger partial charge in [-0.05, 0) is 6.07 Å². The molecule has 1 atom stereocenters. The molecule has 5 heteroatoms. The van der Waals surface area contributed by atoms with Crippen LogP contribution in [0.5, 0.6) is 0 Å². The van der Waals surface area contributed by atoms with Crippen molar-refractivity contribution >= 4 is 11.6 Å². The number of hydrogen-bond donors (Lipinski definition) is 2. The van der Waals surface area contributed by atoms with Crippen LogP contribution < -0.4 is 5.73 Å². The van der Waals surface area contributed by atoms with E-state index in [2.05, 4.69) is 4.98 Å². The van der Waals surface area contributed by atoms with E-state index in [4.69, 9.17) is 22.4 Å². The SMILES string of the molecule is NCC(CO)c1cc(Cl)cnc1F. The zero-order valence-corrected chi connectivity index (χ0v) is 7.63. The molecule has 0 saturated carbocycles. The van der Waals surface area contributed by atoms with E-state index in [9.17, 15) is 4.39 Å². The highest BCUT2D eigenvalue weighted by atomic mass is 35.5. The molecule has 0 spiro atoms. The molecule has 1 aromatic rings. The summed E-state index contributed by atoms with van der Waals surface area (Å²) in [5.74, 6) is -1.07. The molecule has 0 aromatic carbocycles. The number of pyridine rings is 1. The van der Waals surface area contributed by atoms with Crippen molar-refractivity contribution in [1.82, 2.24) is 4.98 Å². The second kappa shape index (κ2) is 4.50. The molecule has 1 rings (SSSR count). The van der Waals surface area contributed by atoms with E-state index < -0.39 is 11.9 Å². The maximum absolute atomic E-state index is 13.1. The summed E-state index contributed by atoms with van der Waals surface area (Å²) in [7, 11) is 0. The molecule has 0 saturated heterocycles. The zero-order valence-electron chi connectivity index (χ0n) is 6.87. The van der Waals surface area contributed by atoms with Crippen LogP contribution in [0.15, 0.2) is 12.3 Å². The maximum atomic E-state index is 13.1. The highest BCUT2D eigenvalue weighted by Crippen LogP contribution is 2.19. The predicted octanol–water partition coefficient (Wildman–Crippen LogP) is 0.909. The lowest BCUT2D eigenvalue weighted by atomic mass is 10.0. The molecule has 13 heavy (non-hydrogen) atoms. The monoisotopic (exact) mass is 204 g/mol. The van der Waals surface area contributed by atoms with Gasteiger partial charge < -0.3 is 10.8 Å². The van der Waals surface area contributed by atoms with Gasteiger partial charge in [-0.15, -0.1) is 0 Å². The summed E-state index contributed by atoms with van der Waals surface area (Å²) >= 11 is 5.62. The van der Waals surface area contributed by atoms with Gasteiger partial charge in [0.05, 0.1) is 11.6 Å². The van der Waals surface area contributed by atoms with Gasteiger partial charge in [-0.1, -0.05) is 11.6 Å². The molecule has 0 aliphatic carbocycles. The summed E-state index contributed by atoms with van der Waals surface area (Å²) in [4.78, 5) is 3.43. The highest BCUT2D eigenvalue weighted by molar-refractivity contribution is 6.30. The smallest absolute Gasteiger partial charge is 0.216 e. The van der Waals surface area contributed by atoms with Crippen LogP contribution in [0.25, 0.3) is 0 Å². The first kappa shape index (κ1) is 10.4. The van der Waals surface area contributed by atoms with Crippen molar-refractivity contribution in [1.29, 1.82) is 0 Å². The fourth-order valence-corrected chi connectivity index (χ4v) is 1.19. The van der Waals surface area contributed by atoms with Crippen LogP contribution in [0.3, 0.4) is 0 Å². The average Bonchev–Trinajstić information content (AvgIpc) is 2.13.